The molecule has 0 atom stereocenters. The summed E-state index contributed by atoms with van der Waals surface area (Å²) in [6, 6.07) is 4.13. The van der Waals surface area contributed by atoms with Crippen molar-refractivity contribution < 1.29 is 9.18 Å². The maximum atomic E-state index is 13.2. The van der Waals surface area contributed by atoms with Gasteiger partial charge in [0.2, 0.25) is 0 Å². The highest BCUT2D eigenvalue weighted by Gasteiger charge is 2.19. The van der Waals surface area contributed by atoms with Crippen molar-refractivity contribution in [2.75, 3.05) is 6.54 Å². The first-order valence-corrected chi connectivity index (χ1v) is 7.88. The first kappa shape index (κ1) is 17.2. The molecule has 20 heavy (non-hydrogen) atoms. The Morgan fingerprint density at radius 3 is 2.70 bits per heavy atom. The summed E-state index contributed by atoms with van der Waals surface area (Å²) in [5.41, 5.74) is 0.402. The van der Waals surface area contributed by atoms with Crippen LogP contribution in [0.4, 0.5) is 4.39 Å². The number of hydrogen-bond acceptors (Lipinski definition) is 1. The molecule has 2 nitrogen and oxygen atoms in total. The number of carbonyl (C=O) groups is 1. The van der Waals surface area contributed by atoms with E-state index >= 15 is 0 Å². The molecule has 0 aliphatic rings. The molecule has 0 unspecified atom stereocenters. The van der Waals surface area contributed by atoms with Gasteiger partial charge in [0.05, 0.1) is 5.56 Å². The Balaban J connectivity index is 2.56. The second-order valence-corrected chi connectivity index (χ2v) is 6.78. The molecule has 1 aromatic carbocycles. The molecular formula is C16H23BrFNO. The lowest BCUT2D eigenvalue weighted by Gasteiger charge is -2.25. The van der Waals surface area contributed by atoms with Gasteiger partial charge >= 0.3 is 0 Å². The van der Waals surface area contributed by atoms with Gasteiger partial charge in [-0.1, -0.05) is 40.0 Å². The van der Waals surface area contributed by atoms with E-state index in [9.17, 15) is 9.18 Å². The number of hydrogen-bond donors (Lipinski definition) is 1. The number of carbonyl (C=O) groups excluding carboxylic acids is 1. The average Bonchev–Trinajstić information content (AvgIpc) is 2.39. The Kier molecular flexibility index (Phi) is 6.66. The van der Waals surface area contributed by atoms with E-state index in [1.165, 1.54) is 31.4 Å². The van der Waals surface area contributed by atoms with Crippen LogP contribution in [-0.2, 0) is 0 Å². The van der Waals surface area contributed by atoms with Gasteiger partial charge in [0.1, 0.15) is 5.82 Å². The molecule has 1 rings (SSSR count). The van der Waals surface area contributed by atoms with Crippen molar-refractivity contribution in [3.8, 4) is 0 Å². The summed E-state index contributed by atoms with van der Waals surface area (Å²) in [4.78, 5) is 12.1. The van der Waals surface area contributed by atoms with Crippen LogP contribution in [0.3, 0.4) is 0 Å². The Morgan fingerprint density at radius 2 is 2.05 bits per heavy atom. The maximum absolute atomic E-state index is 13.2. The molecule has 0 aliphatic carbocycles. The van der Waals surface area contributed by atoms with Crippen LogP contribution < -0.4 is 5.32 Å². The zero-order valence-corrected chi connectivity index (χ0v) is 14.0. The van der Waals surface area contributed by atoms with Crippen molar-refractivity contribution in [2.24, 2.45) is 5.41 Å². The molecule has 1 aromatic rings. The maximum Gasteiger partial charge on any atom is 0.252 e. The van der Waals surface area contributed by atoms with E-state index in [2.05, 4.69) is 42.0 Å². The molecule has 1 N–H and O–H groups in total. The molecule has 0 spiro atoms. The molecule has 0 radical (unpaired) electrons. The van der Waals surface area contributed by atoms with Crippen molar-refractivity contribution in [1.29, 1.82) is 0 Å². The standard InChI is InChI=1S/C16H23BrFNO/c1-4-5-6-9-16(2,3)11-19-15(20)13-10-12(18)7-8-14(13)17/h7-8,10H,4-6,9,11H2,1-3H3,(H,19,20). The molecule has 0 saturated carbocycles. The minimum absolute atomic E-state index is 0.0601. The van der Waals surface area contributed by atoms with E-state index in [1.807, 2.05) is 0 Å². The Hall–Kier alpha value is -0.900. The summed E-state index contributed by atoms with van der Waals surface area (Å²) in [5, 5.41) is 2.90. The predicted molar refractivity (Wildman–Crippen MR) is 84.4 cm³/mol. The third-order valence-electron chi connectivity index (χ3n) is 3.36. The average molecular weight is 344 g/mol. The van der Waals surface area contributed by atoms with Gasteiger partial charge in [-0.15, -0.1) is 0 Å². The fourth-order valence-electron chi connectivity index (χ4n) is 2.03. The first-order valence-electron chi connectivity index (χ1n) is 7.09. The normalized spacial score (nSPS) is 11.4. The van der Waals surface area contributed by atoms with Crippen LogP contribution in [0.25, 0.3) is 0 Å². The molecule has 4 heteroatoms. The van der Waals surface area contributed by atoms with Crippen molar-refractivity contribution in [3.05, 3.63) is 34.1 Å². The number of nitrogens with one attached hydrogen (secondary N) is 1. The van der Waals surface area contributed by atoms with Crippen molar-refractivity contribution in [2.45, 2.75) is 46.5 Å². The number of halogens is 2. The van der Waals surface area contributed by atoms with Gasteiger partial charge in [-0.2, -0.15) is 0 Å². The minimum atomic E-state index is -0.402. The summed E-state index contributed by atoms with van der Waals surface area (Å²) in [7, 11) is 0. The fourth-order valence-corrected chi connectivity index (χ4v) is 2.45. The molecular weight excluding hydrogens is 321 g/mol. The van der Waals surface area contributed by atoms with Crippen LogP contribution in [0.5, 0.6) is 0 Å². The molecule has 0 fully saturated rings. The summed E-state index contributed by atoms with van der Waals surface area (Å²) in [6.45, 7) is 7.06. The van der Waals surface area contributed by atoms with E-state index < -0.39 is 5.82 Å². The third-order valence-corrected chi connectivity index (χ3v) is 4.05. The van der Waals surface area contributed by atoms with E-state index in [-0.39, 0.29) is 11.3 Å². The monoisotopic (exact) mass is 343 g/mol. The number of unbranched alkanes of at least 4 members (excludes halogenated alkanes) is 2. The van der Waals surface area contributed by atoms with Gasteiger partial charge in [0.15, 0.2) is 0 Å². The fraction of sp³-hybridized carbons (Fsp3) is 0.562. The topological polar surface area (TPSA) is 29.1 Å². The number of benzene rings is 1. The molecule has 0 saturated heterocycles. The van der Waals surface area contributed by atoms with Crippen LogP contribution in [0.2, 0.25) is 0 Å². The van der Waals surface area contributed by atoms with E-state index in [4.69, 9.17) is 0 Å². The van der Waals surface area contributed by atoms with Crippen LogP contribution >= 0.6 is 15.9 Å². The highest BCUT2D eigenvalue weighted by atomic mass is 79.9. The number of rotatable bonds is 7. The van der Waals surface area contributed by atoms with E-state index in [0.717, 1.165) is 6.42 Å². The van der Waals surface area contributed by atoms with Gasteiger partial charge in [-0.25, -0.2) is 4.39 Å². The Labute approximate surface area is 129 Å². The number of amides is 1. The van der Waals surface area contributed by atoms with Crippen molar-refractivity contribution in [3.63, 3.8) is 0 Å². The Bertz CT molecular complexity index is 460. The van der Waals surface area contributed by atoms with Gasteiger partial charge in [-0.3, -0.25) is 4.79 Å². The van der Waals surface area contributed by atoms with Gasteiger partial charge in [-0.05, 0) is 46.0 Å². The van der Waals surface area contributed by atoms with E-state index in [0.29, 0.717) is 16.6 Å². The lowest BCUT2D eigenvalue weighted by molar-refractivity contribution is 0.0933. The smallest absolute Gasteiger partial charge is 0.252 e. The summed E-state index contributed by atoms with van der Waals surface area (Å²) in [5.74, 6) is -0.638. The summed E-state index contributed by atoms with van der Waals surface area (Å²) < 4.78 is 13.8. The van der Waals surface area contributed by atoms with Crippen molar-refractivity contribution in [1.82, 2.24) is 5.32 Å². The highest BCUT2D eigenvalue weighted by molar-refractivity contribution is 9.10. The van der Waals surface area contributed by atoms with Gasteiger partial charge < -0.3 is 5.32 Å². The zero-order valence-electron chi connectivity index (χ0n) is 12.4. The summed E-state index contributed by atoms with van der Waals surface area (Å²) in [6.07, 6.45) is 4.65. The molecule has 0 aliphatic heterocycles. The third kappa shape index (κ3) is 5.61. The van der Waals surface area contributed by atoms with E-state index in [1.54, 1.807) is 6.07 Å². The lowest BCUT2D eigenvalue weighted by Crippen LogP contribution is -2.34. The quantitative estimate of drug-likeness (QED) is 0.699. The van der Waals surface area contributed by atoms with Crippen LogP contribution in [0.15, 0.2) is 22.7 Å². The second kappa shape index (κ2) is 7.77. The Morgan fingerprint density at radius 1 is 1.35 bits per heavy atom. The SMILES string of the molecule is CCCCCC(C)(C)CNC(=O)c1cc(F)ccc1Br. The van der Waals surface area contributed by atoms with Gasteiger partial charge in [0, 0.05) is 11.0 Å². The van der Waals surface area contributed by atoms with Crippen molar-refractivity contribution >= 4 is 21.8 Å². The van der Waals surface area contributed by atoms with Crippen LogP contribution in [0.1, 0.15) is 56.8 Å². The van der Waals surface area contributed by atoms with Gasteiger partial charge in [0.25, 0.3) is 5.91 Å². The first-order chi connectivity index (χ1) is 9.35. The second-order valence-electron chi connectivity index (χ2n) is 5.93. The predicted octanol–water partition coefficient (Wildman–Crippen LogP) is 4.92. The van der Waals surface area contributed by atoms with Crippen LogP contribution in [-0.4, -0.2) is 12.5 Å². The molecule has 0 aromatic heterocycles. The minimum Gasteiger partial charge on any atom is -0.351 e. The highest BCUT2D eigenvalue weighted by Crippen LogP contribution is 2.23. The van der Waals surface area contributed by atoms with Crippen LogP contribution in [0, 0.1) is 11.2 Å². The molecule has 0 heterocycles. The zero-order chi connectivity index (χ0) is 15.2. The summed E-state index contributed by atoms with van der Waals surface area (Å²) >= 11 is 3.28. The molecule has 1 amide bonds. The largest absolute Gasteiger partial charge is 0.351 e. The lowest BCUT2D eigenvalue weighted by atomic mass is 9.87. The molecule has 0 bridgehead atoms. The molecule has 112 valence electrons.